The third-order valence-corrected chi connectivity index (χ3v) is 3.36. The van der Waals surface area contributed by atoms with E-state index in [1.54, 1.807) is 6.20 Å². The van der Waals surface area contributed by atoms with Gasteiger partial charge in [-0.2, -0.15) is 0 Å². The van der Waals surface area contributed by atoms with Gasteiger partial charge in [-0.15, -0.1) is 0 Å². The normalized spacial score (nSPS) is 18.9. The zero-order valence-corrected chi connectivity index (χ0v) is 9.22. The summed E-state index contributed by atoms with van der Waals surface area (Å²) in [6.45, 7) is 0.859. The number of rotatable bonds is 3. The van der Waals surface area contributed by atoms with Gasteiger partial charge in [-0.3, -0.25) is 9.59 Å². The van der Waals surface area contributed by atoms with E-state index in [4.69, 9.17) is 10.2 Å². The lowest BCUT2D eigenvalue weighted by atomic mass is 9.78. The van der Waals surface area contributed by atoms with Crippen LogP contribution in [0, 0.1) is 5.41 Å². The molecule has 0 aliphatic carbocycles. The predicted molar refractivity (Wildman–Crippen MR) is 59.9 cm³/mol. The van der Waals surface area contributed by atoms with Gasteiger partial charge in [0.1, 0.15) is 5.82 Å². The average molecular weight is 238 g/mol. The number of H-pyrrole nitrogens is 1. The molecule has 1 aliphatic rings. The van der Waals surface area contributed by atoms with Crippen LogP contribution in [0.5, 0.6) is 0 Å². The summed E-state index contributed by atoms with van der Waals surface area (Å²) in [5.41, 5.74) is -1.62. The van der Waals surface area contributed by atoms with Gasteiger partial charge in [0.25, 0.3) is 0 Å². The minimum atomic E-state index is -1.62. The van der Waals surface area contributed by atoms with Crippen molar-refractivity contribution in [2.45, 2.75) is 12.8 Å². The molecule has 1 fully saturated rings. The third-order valence-electron chi connectivity index (χ3n) is 3.36. The van der Waals surface area contributed by atoms with Crippen molar-refractivity contribution >= 4 is 17.8 Å². The van der Waals surface area contributed by atoms with E-state index in [9.17, 15) is 9.59 Å². The van der Waals surface area contributed by atoms with Crippen molar-refractivity contribution in [1.29, 1.82) is 0 Å². The fourth-order valence-corrected chi connectivity index (χ4v) is 2.17. The molecule has 2 heterocycles. The largest absolute Gasteiger partial charge is 0.480 e. The Morgan fingerprint density at radius 3 is 2.24 bits per heavy atom. The summed E-state index contributed by atoms with van der Waals surface area (Å²) in [5.74, 6) is -1.58. The fourth-order valence-electron chi connectivity index (χ4n) is 2.17. The minimum Gasteiger partial charge on any atom is -0.480 e. The van der Waals surface area contributed by atoms with Crippen LogP contribution in [0.3, 0.4) is 0 Å². The number of carboxylic acid groups (broad SMARTS) is 2. The summed E-state index contributed by atoms with van der Waals surface area (Å²) in [6, 6.07) is 3.74. The Kier molecular flexibility index (Phi) is 2.79. The SMILES string of the molecule is O=C(O)C1(C(=O)O)CCN(c2ccc[nH]2)CC1. The van der Waals surface area contributed by atoms with E-state index in [0.717, 1.165) is 5.82 Å². The number of anilines is 1. The Hall–Kier alpha value is -1.98. The van der Waals surface area contributed by atoms with Crippen LogP contribution in [0.2, 0.25) is 0 Å². The molecule has 0 saturated carbocycles. The second-order valence-electron chi connectivity index (χ2n) is 4.23. The molecule has 3 N–H and O–H groups in total. The van der Waals surface area contributed by atoms with Gasteiger partial charge in [-0.25, -0.2) is 0 Å². The molecule has 0 atom stereocenters. The van der Waals surface area contributed by atoms with Gasteiger partial charge in [0, 0.05) is 19.3 Å². The number of carbonyl (C=O) groups is 2. The number of nitrogens with one attached hydrogen (secondary N) is 1. The molecular weight excluding hydrogens is 224 g/mol. The summed E-state index contributed by atoms with van der Waals surface area (Å²) in [4.78, 5) is 27.2. The zero-order chi connectivity index (χ0) is 12.5. The molecule has 6 nitrogen and oxygen atoms in total. The Labute approximate surface area is 97.9 Å². The van der Waals surface area contributed by atoms with Gasteiger partial charge >= 0.3 is 11.9 Å². The van der Waals surface area contributed by atoms with Crippen molar-refractivity contribution < 1.29 is 19.8 Å². The summed E-state index contributed by atoms with van der Waals surface area (Å²) in [7, 11) is 0. The Morgan fingerprint density at radius 2 is 1.82 bits per heavy atom. The van der Waals surface area contributed by atoms with E-state index in [0.29, 0.717) is 13.1 Å². The van der Waals surface area contributed by atoms with Crippen molar-refractivity contribution in [2.24, 2.45) is 5.41 Å². The molecule has 0 bridgehead atoms. The molecule has 0 aromatic carbocycles. The van der Waals surface area contributed by atoms with Gasteiger partial charge in [-0.05, 0) is 25.0 Å². The van der Waals surface area contributed by atoms with E-state index in [-0.39, 0.29) is 12.8 Å². The highest BCUT2D eigenvalue weighted by Crippen LogP contribution is 2.33. The first-order chi connectivity index (χ1) is 8.06. The smallest absolute Gasteiger partial charge is 0.321 e. The molecular formula is C11H14N2O4. The molecule has 1 aliphatic heterocycles. The number of carboxylic acids is 2. The van der Waals surface area contributed by atoms with Crippen LogP contribution >= 0.6 is 0 Å². The summed E-state index contributed by atoms with van der Waals surface area (Å²) in [6.07, 6.45) is 2.03. The molecule has 1 saturated heterocycles. The maximum atomic E-state index is 11.1. The molecule has 2 rings (SSSR count). The van der Waals surface area contributed by atoms with Crippen molar-refractivity contribution in [2.75, 3.05) is 18.0 Å². The predicted octanol–water partition coefficient (Wildman–Crippen LogP) is 0.770. The number of piperidine rings is 1. The van der Waals surface area contributed by atoms with Gasteiger partial charge < -0.3 is 20.1 Å². The Morgan fingerprint density at radius 1 is 1.24 bits per heavy atom. The van der Waals surface area contributed by atoms with Crippen LogP contribution in [0.15, 0.2) is 18.3 Å². The van der Waals surface area contributed by atoms with Gasteiger partial charge in [0.2, 0.25) is 0 Å². The highest BCUT2D eigenvalue weighted by Gasteiger charge is 2.48. The number of hydrogen-bond donors (Lipinski definition) is 3. The molecule has 0 radical (unpaired) electrons. The maximum Gasteiger partial charge on any atom is 0.321 e. The van der Waals surface area contributed by atoms with E-state index in [1.165, 1.54) is 0 Å². The van der Waals surface area contributed by atoms with Crippen LogP contribution in [0.4, 0.5) is 5.82 Å². The standard InChI is InChI=1S/C11H14N2O4/c14-9(15)11(10(16)17)3-6-13(7-4-11)8-2-1-5-12-8/h1-2,5,12H,3-4,6-7H2,(H,14,15)(H,16,17). The van der Waals surface area contributed by atoms with Crippen molar-refractivity contribution in [3.63, 3.8) is 0 Å². The fraction of sp³-hybridized carbons (Fsp3) is 0.455. The van der Waals surface area contributed by atoms with Gasteiger partial charge in [-0.1, -0.05) is 0 Å². The van der Waals surface area contributed by atoms with Crippen LogP contribution in [0.1, 0.15) is 12.8 Å². The minimum absolute atomic E-state index is 0.122. The molecule has 92 valence electrons. The lowest BCUT2D eigenvalue weighted by molar-refractivity contribution is -0.166. The van der Waals surface area contributed by atoms with E-state index >= 15 is 0 Å². The van der Waals surface area contributed by atoms with E-state index < -0.39 is 17.4 Å². The molecule has 1 aromatic heterocycles. The number of aromatic nitrogens is 1. The molecule has 1 aromatic rings. The van der Waals surface area contributed by atoms with E-state index in [2.05, 4.69) is 4.98 Å². The van der Waals surface area contributed by atoms with Crippen molar-refractivity contribution in [3.05, 3.63) is 18.3 Å². The van der Waals surface area contributed by atoms with Crippen LogP contribution in [-0.4, -0.2) is 40.2 Å². The lowest BCUT2D eigenvalue weighted by Gasteiger charge is -2.36. The second kappa shape index (κ2) is 4.12. The molecule has 6 heteroatoms. The van der Waals surface area contributed by atoms with Crippen molar-refractivity contribution in [1.82, 2.24) is 4.98 Å². The Bertz CT molecular complexity index is 403. The van der Waals surface area contributed by atoms with Crippen molar-refractivity contribution in [3.8, 4) is 0 Å². The molecule has 0 amide bonds. The monoisotopic (exact) mass is 238 g/mol. The summed E-state index contributed by atoms with van der Waals surface area (Å²) in [5, 5.41) is 18.1. The summed E-state index contributed by atoms with van der Waals surface area (Å²) >= 11 is 0. The first-order valence-electron chi connectivity index (χ1n) is 5.41. The molecule has 0 unspecified atom stereocenters. The summed E-state index contributed by atoms with van der Waals surface area (Å²) < 4.78 is 0. The number of aliphatic carboxylic acids is 2. The third kappa shape index (κ3) is 1.86. The van der Waals surface area contributed by atoms with Crippen LogP contribution in [0.25, 0.3) is 0 Å². The van der Waals surface area contributed by atoms with Crippen LogP contribution < -0.4 is 4.90 Å². The Balaban J connectivity index is 2.11. The van der Waals surface area contributed by atoms with Gasteiger partial charge in [0.15, 0.2) is 5.41 Å². The lowest BCUT2D eigenvalue weighted by Crippen LogP contribution is -2.49. The first-order valence-corrected chi connectivity index (χ1v) is 5.41. The van der Waals surface area contributed by atoms with E-state index in [1.807, 2.05) is 17.0 Å². The van der Waals surface area contributed by atoms with Crippen LogP contribution in [-0.2, 0) is 9.59 Å². The topological polar surface area (TPSA) is 93.6 Å². The quantitative estimate of drug-likeness (QED) is 0.676. The zero-order valence-electron chi connectivity index (χ0n) is 9.22. The second-order valence-corrected chi connectivity index (χ2v) is 4.23. The molecule has 0 spiro atoms. The van der Waals surface area contributed by atoms with Gasteiger partial charge in [0.05, 0.1) is 0 Å². The maximum absolute atomic E-state index is 11.1. The number of nitrogens with zero attached hydrogens (tertiary/aromatic N) is 1. The highest BCUT2D eigenvalue weighted by molar-refractivity contribution is 5.98. The number of aromatic amines is 1. The molecule has 17 heavy (non-hydrogen) atoms. The first kappa shape index (κ1) is 11.5. The number of hydrogen-bond acceptors (Lipinski definition) is 3. The highest BCUT2D eigenvalue weighted by atomic mass is 16.4. The average Bonchev–Trinajstić information content (AvgIpc) is 2.82.